The lowest BCUT2D eigenvalue weighted by Gasteiger charge is -2.33. The minimum absolute atomic E-state index is 0.113. The third kappa shape index (κ3) is 3.57. The van der Waals surface area contributed by atoms with E-state index < -0.39 is 17.3 Å². The molecule has 1 amide bonds. The Morgan fingerprint density at radius 3 is 2.52 bits per heavy atom. The van der Waals surface area contributed by atoms with Crippen molar-refractivity contribution in [3.05, 3.63) is 41.8 Å². The third-order valence-corrected chi connectivity index (χ3v) is 4.88. The van der Waals surface area contributed by atoms with E-state index in [0.717, 1.165) is 24.8 Å². The Labute approximate surface area is 146 Å². The van der Waals surface area contributed by atoms with Gasteiger partial charge < -0.3 is 14.8 Å². The first kappa shape index (κ1) is 17.2. The molecule has 1 saturated carbocycles. The van der Waals surface area contributed by atoms with Gasteiger partial charge in [0.25, 0.3) is 5.91 Å². The summed E-state index contributed by atoms with van der Waals surface area (Å²) in [4.78, 5) is 28.5. The van der Waals surface area contributed by atoms with Crippen molar-refractivity contribution in [2.75, 3.05) is 6.54 Å². The molecule has 25 heavy (non-hydrogen) atoms. The number of hydrogen-bond acceptors (Lipinski definition) is 4. The molecule has 132 valence electrons. The maximum Gasteiger partial charge on any atom is 0.311 e. The van der Waals surface area contributed by atoms with E-state index in [4.69, 9.17) is 4.42 Å². The summed E-state index contributed by atoms with van der Waals surface area (Å²) in [5, 5.41) is 12.3. The number of aryl methyl sites for hydroxylation is 1. The van der Waals surface area contributed by atoms with Crippen molar-refractivity contribution >= 4 is 11.9 Å². The molecule has 0 spiro atoms. The summed E-state index contributed by atoms with van der Waals surface area (Å²) in [5.74, 6) is -0.741. The van der Waals surface area contributed by atoms with Gasteiger partial charge in [-0.15, -0.1) is 0 Å². The lowest BCUT2D eigenvalue weighted by molar-refractivity contribution is -0.150. The average Bonchev–Trinajstić information content (AvgIpc) is 3.03. The van der Waals surface area contributed by atoms with Gasteiger partial charge in [-0.05, 0) is 31.9 Å². The van der Waals surface area contributed by atoms with Crippen LogP contribution in [0.1, 0.15) is 48.4 Å². The molecule has 0 radical (unpaired) electrons. The molecule has 1 aliphatic rings. The van der Waals surface area contributed by atoms with Crippen molar-refractivity contribution in [2.24, 2.45) is 5.41 Å². The Morgan fingerprint density at radius 2 is 1.88 bits per heavy atom. The fraction of sp³-hybridized carbons (Fsp3) is 0.421. The molecule has 1 aromatic carbocycles. The molecule has 0 aliphatic heterocycles. The molecular formula is C19H22N2O4. The molecule has 0 unspecified atom stereocenters. The van der Waals surface area contributed by atoms with Crippen molar-refractivity contribution in [1.82, 2.24) is 10.3 Å². The highest BCUT2D eigenvalue weighted by Gasteiger charge is 2.40. The van der Waals surface area contributed by atoms with E-state index in [1.165, 1.54) is 0 Å². The highest BCUT2D eigenvalue weighted by Crippen LogP contribution is 2.36. The van der Waals surface area contributed by atoms with Crippen LogP contribution in [0.4, 0.5) is 0 Å². The third-order valence-electron chi connectivity index (χ3n) is 4.88. The number of aromatic nitrogens is 1. The van der Waals surface area contributed by atoms with Crippen LogP contribution in [-0.4, -0.2) is 28.5 Å². The summed E-state index contributed by atoms with van der Waals surface area (Å²) < 4.78 is 5.62. The van der Waals surface area contributed by atoms with E-state index in [2.05, 4.69) is 10.3 Å². The smallest absolute Gasteiger partial charge is 0.311 e. The van der Waals surface area contributed by atoms with Crippen LogP contribution < -0.4 is 5.32 Å². The number of carboxylic acids is 1. The predicted molar refractivity (Wildman–Crippen MR) is 92.2 cm³/mol. The van der Waals surface area contributed by atoms with Gasteiger partial charge in [0, 0.05) is 12.1 Å². The van der Waals surface area contributed by atoms with Gasteiger partial charge >= 0.3 is 5.97 Å². The molecule has 0 atom stereocenters. The van der Waals surface area contributed by atoms with Crippen LogP contribution in [0.15, 0.2) is 34.7 Å². The normalized spacial score (nSPS) is 16.4. The SMILES string of the molecule is Cc1nc(-c2ccccc2)oc1C(=O)NCC1(C(=O)O)CCCCC1. The quantitative estimate of drug-likeness (QED) is 0.868. The van der Waals surface area contributed by atoms with E-state index in [-0.39, 0.29) is 12.3 Å². The van der Waals surface area contributed by atoms with Crippen LogP contribution in [0, 0.1) is 12.3 Å². The van der Waals surface area contributed by atoms with Gasteiger partial charge in [0.2, 0.25) is 11.7 Å². The molecule has 3 rings (SSSR count). The summed E-state index contributed by atoms with van der Waals surface area (Å²) in [5.41, 5.74) is 0.410. The maximum absolute atomic E-state index is 12.5. The highest BCUT2D eigenvalue weighted by molar-refractivity contribution is 5.93. The van der Waals surface area contributed by atoms with Gasteiger partial charge in [0.15, 0.2) is 0 Å². The number of carboxylic acid groups (broad SMARTS) is 1. The molecule has 6 heteroatoms. The number of rotatable bonds is 5. The number of oxazole rings is 1. The summed E-state index contributed by atoms with van der Waals surface area (Å²) in [6.07, 6.45) is 3.98. The number of carbonyl (C=O) groups is 2. The molecule has 1 fully saturated rings. The fourth-order valence-corrected chi connectivity index (χ4v) is 3.34. The first-order valence-electron chi connectivity index (χ1n) is 8.56. The van der Waals surface area contributed by atoms with Crippen LogP contribution in [0.2, 0.25) is 0 Å². The zero-order chi connectivity index (χ0) is 17.9. The van der Waals surface area contributed by atoms with E-state index in [9.17, 15) is 14.7 Å². The average molecular weight is 342 g/mol. The molecule has 2 aromatic rings. The first-order chi connectivity index (χ1) is 12.0. The second-order valence-corrected chi connectivity index (χ2v) is 6.63. The van der Waals surface area contributed by atoms with E-state index in [0.29, 0.717) is 24.4 Å². The highest BCUT2D eigenvalue weighted by atomic mass is 16.4. The first-order valence-corrected chi connectivity index (χ1v) is 8.56. The van der Waals surface area contributed by atoms with Gasteiger partial charge in [-0.3, -0.25) is 9.59 Å². The van der Waals surface area contributed by atoms with Crippen molar-refractivity contribution in [3.8, 4) is 11.5 Å². The molecule has 2 N–H and O–H groups in total. The summed E-state index contributed by atoms with van der Waals surface area (Å²) in [6, 6.07) is 9.34. The second-order valence-electron chi connectivity index (χ2n) is 6.63. The van der Waals surface area contributed by atoms with E-state index in [1.54, 1.807) is 6.92 Å². The van der Waals surface area contributed by atoms with Crippen molar-refractivity contribution < 1.29 is 19.1 Å². The molecular weight excluding hydrogens is 320 g/mol. The van der Waals surface area contributed by atoms with Gasteiger partial charge in [-0.25, -0.2) is 4.98 Å². The predicted octanol–water partition coefficient (Wildman–Crippen LogP) is 3.41. The summed E-state index contributed by atoms with van der Waals surface area (Å²) in [7, 11) is 0. The van der Waals surface area contributed by atoms with Crippen LogP contribution in [0.5, 0.6) is 0 Å². The standard InChI is InChI=1S/C19H22N2O4/c1-13-15(25-17(21-13)14-8-4-2-5-9-14)16(22)20-12-19(18(23)24)10-6-3-7-11-19/h2,4-5,8-9H,3,6-7,10-12H2,1H3,(H,20,22)(H,23,24). The fourth-order valence-electron chi connectivity index (χ4n) is 3.34. The molecule has 6 nitrogen and oxygen atoms in total. The largest absolute Gasteiger partial charge is 0.481 e. The van der Waals surface area contributed by atoms with Crippen LogP contribution in [0.25, 0.3) is 11.5 Å². The molecule has 1 aliphatic carbocycles. The molecule has 0 saturated heterocycles. The number of nitrogens with one attached hydrogen (secondary N) is 1. The number of amides is 1. The van der Waals surface area contributed by atoms with Crippen molar-refractivity contribution in [2.45, 2.75) is 39.0 Å². The van der Waals surface area contributed by atoms with Gasteiger partial charge in [0.05, 0.1) is 11.1 Å². The minimum Gasteiger partial charge on any atom is -0.481 e. The Balaban J connectivity index is 1.73. The monoisotopic (exact) mass is 342 g/mol. The number of hydrogen-bond donors (Lipinski definition) is 2. The van der Waals surface area contributed by atoms with E-state index in [1.807, 2.05) is 30.3 Å². The summed E-state index contributed by atoms with van der Waals surface area (Å²) in [6.45, 7) is 1.82. The molecule has 0 bridgehead atoms. The molecule has 1 aromatic heterocycles. The summed E-state index contributed by atoms with van der Waals surface area (Å²) >= 11 is 0. The lowest BCUT2D eigenvalue weighted by Crippen LogP contribution is -2.44. The zero-order valence-electron chi connectivity index (χ0n) is 14.2. The van der Waals surface area contributed by atoms with Crippen LogP contribution in [-0.2, 0) is 4.79 Å². The topological polar surface area (TPSA) is 92.4 Å². The Hall–Kier alpha value is -2.63. The Kier molecular flexibility index (Phi) is 4.88. The number of aliphatic carboxylic acids is 1. The minimum atomic E-state index is -0.871. The Morgan fingerprint density at radius 1 is 1.20 bits per heavy atom. The van der Waals surface area contributed by atoms with Gasteiger partial charge in [-0.1, -0.05) is 37.5 Å². The van der Waals surface area contributed by atoms with Crippen LogP contribution >= 0.6 is 0 Å². The number of nitrogens with zero attached hydrogens (tertiary/aromatic N) is 1. The van der Waals surface area contributed by atoms with E-state index >= 15 is 0 Å². The van der Waals surface area contributed by atoms with Gasteiger partial charge in [0.1, 0.15) is 0 Å². The number of benzene rings is 1. The maximum atomic E-state index is 12.5. The molecule has 1 heterocycles. The number of carbonyl (C=O) groups excluding carboxylic acids is 1. The zero-order valence-corrected chi connectivity index (χ0v) is 14.2. The van der Waals surface area contributed by atoms with Crippen LogP contribution in [0.3, 0.4) is 0 Å². The Bertz CT molecular complexity index is 761. The second kappa shape index (κ2) is 7.09. The van der Waals surface area contributed by atoms with Gasteiger partial charge in [-0.2, -0.15) is 0 Å². The lowest BCUT2D eigenvalue weighted by atomic mass is 9.74. The van der Waals surface area contributed by atoms with Crippen molar-refractivity contribution in [3.63, 3.8) is 0 Å². The van der Waals surface area contributed by atoms with Crippen molar-refractivity contribution in [1.29, 1.82) is 0 Å².